The molecular formula is C25H28ClN5O2. The second kappa shape index (κ2) is 9.27. The molecule has 0 aliphatic heterocycles. The van der Waals surface area contributed by atoms with E-state index in [2.05, 4.69) is 15.6 Å². The Labute approximate surface area is 198 Å². The number of anilines is 1. The maximum absolute atomic E-state index is 13.0. The van der Waals surface area contributed by atoms with Crippen LogP contribution in [0.1, 0.15) is 33.6 Å². The molecule has 8 heteroatoms. The Morgan fingerprint density at radius 2 is 1.85 bits per heavy atom. The fraction of sp³-hybridized carbons (Fsp3) is 0.320. The van der Waals surface area contributed by atoms with Crippen LogP contribution < -0.4 is 10.6 Å². The van der Waals surface area contributed by atoms with E-state index in [0.717, 1.165) is 29.8 Å². The summed E-state index contributed by atoms with van der Waals surface area (Å²) in [5.74, 6) is 0.0625. The first-order valence-electron chi connectivity index (χ1n) is 11.0. The second-order valence-electron chi connectivity index (χ2n) is 9.25. The highest BCUT2D eigenvalue weighted by molar-refractivity contribution is 6.30. The largest absolute Gasteiger partial charge is 0.333 e. The van der Waals surface area contributed by atoms with Crippen molar-refractivity contribution in [2.75, 3.05) is 11.9 Å². The standard InChI is InChI=1S/C25H28ClN5O2/c1-25(2,3)29-24(33)31(19-12-13-19)16-22(32)28-23-27-21(17-8-5-4-6-9-17)15-30(23)20-11-7-10-18(26)14-20/h4-11,14-15,19H,12-13,16H2,1-3H3,(H,29,33)(H,27,28,32). The van der Waals surface area contributed by atoms with E-state index in [4.69, 9.17) is 11.6 Å². The molecule has 4 rings (SSSR count). The molecule has 1 saturated carbocycles. The van der Waals surface area contributed by atoms with E-state index >= 15 is 0 Å². The number of carbonyl (C=O) groups is 2. The molecule has 1 aromatic heterocycles. The number of imidazole rings is 1. The summed E-state index contributed by atoms with van der Waals surface area (Å²) in [7, 11) is 0. The van der Waals surface area contributed by atoms with Crippen LogP contribution in [0.2, 0.25) is 5.02 Å². The van der Waals surface area contributed by atoms with Gasteiger partial charge in [0.15, 0.2) is 0 Å². The topological polar surface area (TPSA) is 79.3 Å². The van der Waals surface area contributed by atoms with Crippen molar-refractivity contribution >= 4 is 29.5 Å². The maximum atomic E-state index is 13.0. The van der Waals surface area contributed by atoms with Crippen LogP contribution in [0.15, 0.2) is 60.8 Å². The van der Waals surface area contributed by atoms with Crippen molar-refractivity contribution < 1.29 is 9.59 Å². The first-order chi connectivity index (χ1) is 15.7. The molecule has 0 unspecified atom stereocenters. The Balaban J connectivity index is 1.59. The van der Waals surface area contributed by atoms with Crippen molar-refractivity contribution in [2.24, 2.45) is 0 Å². The first-order valence-corrected chi connectivity index (χ1v) is 11.4. The summed E-state index contributed by atoms with van der Waals surface area (Å²) in [6, 6.07) is 16.9. The van der Waals surface area contributed by atoms with Crippen molar-refractivity contribution in [1.29, 1.82) is 0 Å². The number of aromatic nitrogens is 2. The lowest BCUT2D eigenvalue weighted by Gasteiger charge is -2.28. The van der Waals surface area contributed by atoms with Gasteiger partial charge in [-0.1, -0.05) is 48.0 Å². The number of nitrogens with one attached hydrogen (secondary N) is 2. The number of rotatable bonds is 6. The van der Waals surface area contributed by atoms with Gasteiger partial charge in [-0.3, -0.25) is 14.7 Å². The average molecular weight is 466 g/mol. The van der Waals surface area contributed by atoms with E-state index in [1.807, 2.05) is 69.4 Å². The van der Waals surface area contributed by atoms with E-state index in [1.54, 1.807) is 21.6 Å². The predicted molar refractivity (Wildman–Crippen MR) is 131 cm³/mol. The minimum absolute atomic E-state index is 0.0460. The van der Waals surface area contributed by atoms with Crippen LogP contribution in [0, 0.1) is 0 Å². The Hall–Kier alpha value is -3.32. The third-order valence-electron chi connectivity index (χ3n) is 5.16. The number of halogens is 1. The van der Waals surface area contributed by atoms with Crippen LogP contribution in [0.5, 0.6) is 0 Å². The third-order valence-corrected chi connectivity index (χ3v) is 5.39. The molecule has 1 heterocycles. The maximum Gasteiger partial charge on any atom is 0.318 e. The van der Waals surface area contributed by atoms with Crippen molar-refractivity contribution in [3.8, 4) is 16.9 Å². The van der Waals surface area contributed by atoms with E-state index in [0.29, 0.717) is 11.0 Å². The summed E-state index contributed by atoms with van der Waals surface area (Å²) < 4.78 is 1.79. The van der Waals surface area contributed by atoms with Gasteiger partial charge in [-0.25, -0.2) is 9.78 Å². The molecule has 1 fully saturated rings. The van der Waals surface area contributed by atoms with Gasteiger partial charge in [0, 0.05) is 34.1 Å². The van der Waals surface area contributed by atoms with Crippen LogP contribution in [0.3, 0.4) is 0 Å². The Kier molecular flexibility index (Phi) is 6.42. The lowest BCUT2D eigenvalue weighted by atomic mass is 10.1. The zero-order valence-electron chi connectivity index (χ0n) is 19.0. The highest BCUT2D eigenvalue weighted by Gasteiger charge is 2.35. The number of hydrogen-bond donors (Lipinski definition) is 2. The quantitative estimate of drug-likeness (QED) is 0.531. The first kappa shape index (κ1) is 22.9. The number of amides is 3. The molecule has 0 bridgehead atoms. The highest BCUT2D eigenvalue weighted by atomic mass is 35.5. The van der Waals surface area contributed by atoms with E-state index in [9.17, 15) is 9.59 Å². The molecule has 3 amide bonds. The third kappa shape index (κ3) is 5.93. The van der Waals surface area contributed by atoms with Crippen LogP contribution in [0.4, 0.5) is 10.7 Å². The van der Waals surface area contributed by atoms with Gasteiger partial charge in [0.25, 0.3) is 0 Å². The van der Waals surface area contributed by atoms with Crippen molar-refractivity contribution in [3.05, 3.63) is 65.8 Å². The van der Waals surface area contributed by atoms with E-state index in [-0.39, 0.29) is 30.1 Å². The van der Waals surface area contributed by atoms with Gasteiger partial charge in [0.1, 0.15) is 6.54 Å². The van der Waals surface area contributed by atoms with Gasteiger partial charge in [0.05, 0.1) is 5.69 Å². The molecule has 0 radical (unpaired) electrons. The lowest BCUT2D eigenvalue weighted by molar-refractivity contribution is -0.117. The minimum atomic E-state index is -0.381. The van der Waals surface area contributed by atoms with Crippen LogP contribution >= 0.6 is 11.6 Å². The van der Waals surface area contributed by atoms with Crippen LogP contribution in [0.25, 0.3) is 16.9 Å². The average Bonchev–Trinajstić information content (AvgIpc) is 3.51. The van der Waals surface area contributed by atoms with Gasteiger partial charge < -0.3 is 10.2 Å². The van der Waals surface area contributed by atoms with Crippen LogP contribution in [-0.2, 0) is 4.79 Å². The SMILES string of the molecule is CC(C)(C)NC(=O)N(CC(=O)Nc1nc(-c2ccccc2)cn1-c1cccc(Cl)c1)C1CC1. The van der Waals surface area contributed by atoms with Gasteiger partial charge in [-0.2, -0.15) is 0 Å². The Morgan fingerprint density at radius 3 is 2.48 bits per heavy atom. The summed E-state index contributed by atoms with van der Waals surface area (Å²) in [6.07, 6.45) is 3.67. The molecule has 0 spiro atoms. The number of urea groups is 1. The van der Waals surface area contributed by atoms with Crippen LogP contribution in [-0.4, -0.2) is 44.5 Å². The zero-order chi connectivity index (χ0) is 23.6. The highest BCUT2D eigenvalue weighted by Crippen LogP contribution is 2.28. The van der Waals surface area contributed by atoms with E-state index in [1.165, 1.54) is 0 Å². The summed E-state index contributed by atoms with van der Waals surface area (Å²) in [6.45, 7) is 5.71. The molecule has 2 N–H and O–H groups in total. The molecule has 2 aromatic carbocycles. The smallest absolute Gasteiger partial charge is 0.318 e. The fourth-order valence-corrected chi connectivity index (χ4v) is 3.69. The number of hydrogen-bond acceptors (Lipinski definition) is 3. The molecule has 1 aliphatic carbocycles. The van der Waals surface area contributed by atoms with Crippen molar-refractivity contribution in [2.45, 2.75) is 45.2 Å². The fourth-order valence-electron chi connectivity index (χ4n) is 3.50. The van der Waals surface area contributed by atoms with Crippen molar-refractivity contribution in [1.82, 2.24) is 19.8 Å². The molecule has 1 aliphatic rings. The predicted octanol–water partition coefficient (Wildman–Crippen LogP) is 5.10. The van der Waals surface area contributed by atoms with Gasteiger partial charge in [-0.15, -0.1) is 0 Å². The molecule has 3 aromatic rings. The number of nitrogens with zero attached hydrogens (tertiary/aromatic N) is 3. The van der Waals surface area contributed by atoms with Gasteiger partial charge in [-0.05, 0) is 51.8 Å². The number of benzene rings is 2. The summed E-state index contributed by atoms with van der Waals surface area (Å²) in [4.78, 5) is 32.0. The molecule has 7 nitrogen and oxygen atoms in total. The second-order valence-corrected chi connectivity index (χ2v) is 9.69. The molecule has 33 heavy (non-hydrogen) atoms. The lowest BCUT2D eigenvalue weighted by Crippen LogP contribution is -2.51. The van der Waals surface area contributed by atoms with Gasteiger partial charge in [0.2, 0.25) is 11.9 Å². The molecule has 0 atom stereocenters. The summed E-state index contributed by atoms with van der Waals surface area (Å²) in [5.41, 5.74) is 2.04. The summed E-state index contributed by atoms with van der Waals surface area (Å²) >= 11 is 6.20. The molecule has 0 saturated heterocycles. The molecular weight excluding hydrogens is 438 g/mol. The Bertz CT molecular complexity index is 1150. The van der Waals surface area contributed by atoms with E-state index < -0.39 is 0 Å². The summed E-state index contributed by atoms with van der Waals surface area (Å²) in [5, 5.41) is 6.43. The number of carbonyl (C=O) groups excluding carboxylic acids is 2. The minimum Gasteiger partial charge on any atom is -0.333 e. The normalized spacial score (nSPS) is 13.5. The monoisotopic (exact) mass is 465 g/mol. The Morgan fingerprint density at radius 1 is 1.12 bits per heavy atom. The zero-order valence-corrected chi connectivity index (χ0v) is 19.8. The van der Waals surface area contributed by atoms with Crippen molar-refractivity contribution in [3.63, 3.8) is 0 Å². The molecule has 172 valence electrons. The van der Waals surface area contributed by atoms with Gasteiger partial charge >= 0.3 is 6.03 Å².